The van der Waals surface area contributed by atoms with Crippen LogP contribution in [0.5, 0.6) is 5.75 Å². The number of anilines is 1. The fourth-order valence-corrected chi connectivity index (χ4v) is 5.74. The minimum Gasteiger partial charge on any atom is -0.497 e. The number of sulfonamides is 1. The maximum atomic E-state index is 13.0. The molecule has 0 saturated carbocycles. The maximum absolute atomic E-state index is 13.0. The van der Waals surface area contributed by atoms with E-state index in [-0.39, 0.29) is 10.8 Å². The van der Waals surface area contributed by atoms with Gasteiger partial charge in [0, 0.05) is 37.9 Å². The molecule has 2 aliphatic heterocycles. The summed E-state index contributed by atoms with van der Waals surface area (Å²) >= 11 is 0. The Bertz CT molecular complexity index is 1030. The molecule has 0 N–H and O–H groups in total. The van der Waals surface area contributed by atoms with Crippen LogP contribution in [-0.2, 0) is 21.2 Å². The van der Waals surface area contributed by atoms with E-state index in [0.29, 0.717) is 44.5 Å². The number of amides is 1. The molecular weight excluding hydrogens is 414 g/mol. The summed E-state index contributed by atoms with van der Waals surface area (Å²) in [6.07, 6.45) is 2.06. The lowest BCUT2D eigenvalue weighted by Gasteiger charge is -2.39. The van der Waals surface area contributed by atoms with Crippen molar-refractivity contribution < 1.29 is 17.9 Å². The van der Waals surface area contributed by atoms with Gasteiger partial charge in [-0.15, -0.1) is 0 Å². The molecule has 1 amide bonds. The van der Waals surface area contributed by atoms with E-state index in [4.69, 9.17) is 4.74 Å². The molecule has 31 heavy (non-hydrogen) atoms. The fraction of sp³-hybridized carbons (Fsp3) is 0.435. The third-order valence-corrected chi connectivity index (χ3v) is 8.17. The van der Waals surface area contributed by atoms with Gasteiger partial charge in [-0.05, 0) is 55.7 Å². The van der Waals surface area contributed by atoms with Gasteiger partial charge in [0.05, 0.1) is 18.6 Å². The Hall–Kier alpha value is -2.58. The molecule has 166 valence electrons. The van der Waals surface area contributed by atoms with Gasteiger partial charge in [-0.3, -0.25) is 4.79 Å². The number of fused-ring (bicyclic) bond motifs is 1. The Morgan fingerprint density at radius 1 is 1.03 bits per heavy atom. The van der Waals surface area contributed by atoms with E-state index < -0.39 is 10.0 Å². The van der Waals surface area contributed by atoms with Crippen molar-refractivity contribution in [2.45, 2.75) is 30.7 Å². The van der Waals surface area contributed by atoms with Crippen LogP contribution >= 0.6 is 0 Å². The predicted molar refractivity (Wildman–Crippen MR) is 120 cm³/mol. The molecule has 1 unspecified atom stereocenters. The molecule has 0 bridgehead atoms. The molecule has 0 spiro atoms. The first-order valence-electron chi connectivity index (χ1n) is 10.7. The van der Waals surface area contributed by atoms with Gasteiger partial charge in [0.2, 0.25) is 15.9 Å². The van der Waals surface area contributed by atoms with Gasteiger partial charge < -0.3 is 14.5 Å². The number of methoxy groups -OCH3 is 1. The zero-order valence-corrected chi connectivity index (χ0v) is 18.8. The van der Waals surface area contributed by atoms with Gasteiger partial charge in [0.1, 0.15) is 5.75 Å². The second-order valence-electron chi connectivity index (χ2n) is 8.10. The molecule has 1 saturated heterocycles. The first-order valence-corrected chi connectivity index (χ1v) is 12.1. The number of rotatable bonds is 5. The van der Waals surface area contributed by atoms with E-state index in [1.165, 1.54) is 9.87 Å². The largest absolute Gasteiger partial charge is 0.497 e. The summed E-state index contributed by atoms with van der Waals surface area (Å²) in [5.41, 5.74) is 2.42. The van der Waals surface area contributed by atoms with E-state index in [0.717, 1.165) is 18.5 Å². The quantitative estimate of drug-likeness (QED) is 0.710. The van der Waals surface area contributed by atoms with Gasteiger partial charge in [0.15, 0.2) is 0 Å². The molecule has 8 heteroatoms. The van der Waals surface area contributed by atoms with Crippen molar-refractivity contribution in [3.63, 3.8) is 0 Å². The summed E-state index contributed by atoms with van der Waals surface area (Å²) in [5, 5.41) is 0. The molecule has 2 aromatic carbocycles. The number of aryl methyl sites for hydroxylation is 1. The van der Waals surface area contributed by atoms with Gasteiger partial charge >= 0.3 is 0 Å². The molecular formula is C23H29N3O4S. The molecule has 2 aliphatic rings. The highest BCUT2D eigenvalue weighted by Gasteiger charge is 2.32. The zero-order chi connectivity index (χ0) is 22.0. The van der Waals surface area contributed by atoms with Crippen molar-refractivity contribution in [1.29, 1.82) is 0 Å². The van der Waals surface area contributed by atoms with Crippen LogP contribution in [0.25, 0.3) is 0 Å². The van der Waals surface area contributed by atoms with Crippen LogP contribution in [0.2, 0.25) is 0 Å². The number of hydrogen-bond donors (Lipinski definition) is 0. The third-order valence-electron chi connectivity index (χ3n) is 6.26. The highest BCUT2D eigenvalue weighted by Crippen LogP contribution is 2.30. The van der Waals surface area contributed by atoms with Gasteiger partial charge in [-0.2, -0.15) is 4.31 Å². The third kappa shape index (κ3) is 4.41. The number of para-hydroxylation sites is 1. The zero-order valence-electron chi connectivity index (χ0n) is 18.0. The molecule has 7 nitrogen and oxygen atoms in total. The van der Waals surface area contributed by atoms with Crippen LogP contribution in [0, 0.1) is 0 Å². The number of benzene rings is 2. The van der Waals surface area contributed by atoms with Gasteiger partial charge in [0.25, 0.3) is 0 Å². The smallest absolute Gasteiger partial charge is 0.243 e. The van der Waals surface area contributed by atoms with Crippen molar-refractivity contribution in [1.82, 2.24) is 9.21 Å². The normalized spacial score (nSPS) is 19.7. The molecule has 1 fully saturated rings. The van der Waals surface area contributed by atoms with E-state index >= 15 is 0 Å². The lowest BCUT2D eigenvalue weighted by Crippen LogP contribution is -2.53. The second-order valence-corrected chi connectivity index (χ2v) is 10.0. The Labute approximate surface area is 184 Å². The second kappa shape index (κ2) is 8.88. The summed E-state index contributed by atoms with van der Waals surface area (Å²) in [6, 6.07) is 15.0. The molecule has 1 atom stereocenters. The summed E-state index contributed by atoms with van der Waals surface area (Å²) in [7, 11) is -2.04. The Balaban J connectivity index is 1.39. The monoisotopic (exact) mass is 443 g/mol. The molecule has 4 rings (SSSR count). The lowest BCUT2D eigenvalue weighted by molar-refractivity contribution is -0.131. The number of ether oxygens (including phenoxy) is 1. The molecule has 2 heterocycles. The van der Waals surface area contributed by atoms with Crippen molar-refractivity contribution in [2.24, 2.45) is 0 Å². The number of nitrogens with zero attached hydrogens (tertiary/aromatic N) is 3. The summed E-state index contributed by atoms with van der Waals surface area (Å²) < 4.78 is 32.4. The standard InChI is InChI=1S/C23H29N3O4S/c1-18-7-8-19-5-3-4-6-22(19)26(18)17-23(27)24-13-15-25(16-14-24)31(28,29)21-11-9-20(30-2)10-12-21/h3-6,9-12,18H,7-8,13-17H2,1-2H3. The fourth-order valence-electron chi connectivity index (χ4n) is 4.32. The molecule has 2 aromatic rings. The molecule has 0 aromatic heterocycles. The average Bonchev–Trinajstić information content (AvgIpc) is 2.81. The first-order chi connectivity index (χ1) is 14.9. The van der Waals surface area contributed by atoms with Crippen molar-refractivity contribution in [3.05, 3.63) is 54.1 Å². The van der Waals surface area contributed by atoms with Crippen LogP contribution < -0.4 is 9.64 Å². The molecule has 0 aliphatic carbocycles. The number of carbonyl (C=O) groups excluding carboxylic acids is 1. The highest BCUT2D eigenvalue weighted by atomic mass is 32.2. The summed E-state index contributed by atoms with van der Waals surface area (Å²) in [4.78, 5) is 17.2. The van der Waals surface area contributed by atoms with Gasteiger partial charge in [-0.1, -0.05) is 18.2 Å². The van der Waals surface area contributed by atoms with E-state index in [9.17, 15) is 13.2 Å². The Morgan fingerprint density at radius 2 is 1.71 bits per heavy atom. The minimum absolute atomic E-state index is 0.0463. The average molecular weight is 444 g/mol. The van der Waals surface area contributed by atoms with Crippen LogP contribution in [0.1, 0.15) is 18.9 Å². The topological polar surface area (TPSA) is 70.2 Å². The van der Waals surface area contributed by atoms with Gasteiger partial charge in [-0.25, -0.2) is 8.42 Å². The van der Waals surface area contributed by atoms with Crippen LogP contribution in [0.3, 0.4) is 0 Å². The minimum atomic E-state index is -3.58. The Kier molecular flexibility index (Phi) is 6.20. The predicted octanol–water partition coefficient (Wildman–Crippen LogP) is 2.37. The SMILES string of the molecule is COc1ccc(S(=O)(=O)N2CCN(C(=O)CN3c4ccccc4CCC3C)CC2)cc1. The van der Waals surface area contributed by atoms with Crippen molar-refractivity contribution >= 4 is 21.6 Å². The van der Waals surface area contributed by atoms with Crippen LogP contribution in [0.15, 0.2) is 53.4 Å². The van der Waals surface area contributed by atoms with E-state index in [2.05, 4.69) is 24.0 Å². The molecule has 0 radical (unpaired) electrons. The number of piperazine rings is 1. The summed E-state index contributed by atoms with van der Waals surface area (Å²) in [5.74, 6) is 0.660. The Morgan fingerprint density at radius 3 is 2.39 bits per heavy atom. The van der Waals surface area contributed by atoms with Crippen LogP contribution in [0.4, 0.5) is 5.69 Å². The van der Waals surface area contributed by atoms with E-state index in [1.807, 2.05) is 12.1 Å². The number of carbonyl (C=O) groups is 1. The number of hydrogen-bond acceptors (Lipinski definition) is 5. The first kappa shape index (κ1) is 21.6. The van der Waals surface area contributed by atoms with Crippen LogP contribution in [-0.4, -0.2) is 69.4 Å². The van der Waals surface area contributed by atoms with Crippen molar-refractivity contribution in [2.75, 3.05) is 44.7 Å². The van der Waals surface area contributed by atoms with Crippen molar-refractivity contribution in [3.8, 4) is 5.75 Å². The maximum Gasteiger partial charge on any atom is 0.243 e. The summed E-state index contributed by atoms with van der Waals surface area (Å²) in [6.45, 7) is 3.88. The lowest BCUT2D eigenvalue weighted by atomic mass is 9.96. The van der Waals surface area contributed by atoms with E-state index in [1.54, 1.807) is 36.3 Å². The highest BCUT2D eigenvalue weighted by molar-refractivity contribution is 7.89.